The molecular weight excluding hydrogens is 164 g/mol. The molecule has 12 heavy (non-hydrogen) atoms. The number of hydrogen-bond acceptors (Lipinski definition) is 5. The van der Waals surface area contributed by atoms with Crippen molar-refractivity contribution in [3.8, 4) is 12.3 Å². The Labute approximate surface area is 69.2 Å². The van der Waals surface area contributed by atoms with Gasteiger partial charge < -0.3 is 25.2 Å². The van der Waals surface area contributed by atoms with Crippen LogP contribution in [0.5, 0.6) is 0 Å². The molecule has 5 atom stereocenters. The topological polar surface area (TPSA) is 90.2 Å². The summed E-state index contributed by atoms with van der Waals surface area (Å²) in [6.07, 6.45) is -2.08. The second-order valence-corrected chi connectivity index (χ2v) is 2.59. The Hall–Kier alpha value is -0.640. The summed E-state index contributed by atoms with van der Waals surface area (Å²) in [6, 6.07) is 0. The minimum Gasteiger partial charge on any atom is -0.387 e. The minimum absolute atomic E-state index is 1.08. The lowest BCUT2D eigenvalue weighted by Crippen LogP contribution is -2.56. The molecule has 2 unspecified atom stereocenters. The molecule has 4 N–H and O–H groups in total. The van der Waals surface area contributed by atoms with Gasteiger partial charge in [0.15, 0.2) is 6.29 Å². The summed E-state index contributed by atoms with van der Waals surface area (Å²) in [7, 11) is 0. The van der Waals surface area contributed by atoms with E-state index in [1.54, 1.807) is 0 Å². The zero-order chi connectivity index (χ0) is 9.30. The summed E-state index contributed by atoms with van der Waals surface area (Å²) in [6.45, 7) is 0. The molecule has 0 amide bonds. The summed E-state index contributed by atoms with van der Waals surface area (Å²) in [5, 5.41) is 36.1. The van der Waals surface area contributed by atoms with E-state index < -0.39 is 30.7 Å². The quantitative estimate of drug-likeness (QED) is 0.303. The molecule has 0 aromatic rings. The Morgan fingerprint density at radius 2 is 1.58 bits per heavy atom. The van der Waals surface area contributed by atoms with Crippen LogP contribution in [0, 0.1) is 12.3 Å². The lowest BCUT2D eigenvalue weighted by atomic mass is 10.00. The molecule has 0 aromatic carbocycles. The molecule has 0 saturated carbocycles. The smallest absolute Gasteiger partial charge is 0.185 e. The molecule has 1 aliphatic rings. The first-order valence-corrected chi connectivity index (χ1v) is 3.41. The van der Waals surface area contributed by atoms with Crippen LogP contribution < -0.4 is 0 Å². The van der Waals surface area contributed by atoms with Gasteiger partial charge in [-0.15, -0.1) is 6.42 Å². The molecule has 1 fully saturated rings. The van der Waals surface area contributed by atoms with Crippen LogP contribution in [-0.2, 0) is 4.74 Å². The van der Waals surface area contributed by atoms with E-state index >= 15 is 0 Å². The van der Waals surface area contributed by atoms with Gasteiger partial charge >= 0.3 is 0 Å². The molecule has 0 aliphatic carbocycles. The predicted octanol–water partition coefficient (Wildman–Crippen LogP) is -2.58. The second-order valence-electron chi connectivity index (χ2n) is 2.59. The third-order valence-electron chi connectivity index (χ3n) is 1.75. The summed E-state index contributed by atoms with van der Waals surface area (Å²) in [5.41, 5.74) is 0. The summed E-state index contributed by atoms with van der Waals surface area (Å²) < 4.78 is 4.59. The fraction of sp³-hybridized carbons (Fsp3) is 0.714. The van der Waals surface area contributed by atoms with Gasteiger partial charge in [0.1, 0.15) is 24.4 Å². The Bertz CT molecular complexity index is 198. The van der Waals surface area contributed by atoms with Crippen LogP contribution in [0.3, 0.4) is 0 Å². The van der Waals surface area contributed by atoms with Crippen LogP contribution in [0.25, 0.3) is 0 Å². The molecule has 0 radical (unpaired) electrons. The molecule has 0 aromatic heterocycles. The van der Waals surface area contributed by atoms with Crippen LogP contribution in [0.4, 0.5) is 0 Å². The summed E-state index contributed by atoms with van der Waals surface area (Å²) in [4.78, 5) is 0. The van der Waals surface area contributed by atoms with E-state index in [2.05, 4.69) is 4.74 Å². The van der Waals surface area contributed by atoms with Gasteiger partial charge in [-0.1, -0.05) is 5.92 Å². The van der Waals surface area contributed by atoms with Gasteiger partial charge in [0.2, 0.25) is 0 Å². The monoisotopic (exact) mass is 174 g/mol. The number of aliphatic hydroxyl groups excluding tert-OH is 4. The van der Waals surface area contributed by atoms with Crippen molar-refractivity contribution in [2.24, 2.45) is 0 Å². The number of rotatable bonds is 0. The van der Waals surface area contributed by atoms with Crippen molar-refractivity contribution < 1.29 is 25.2 Å². The van der Waals surface area contributed by atoms with E-state index in [0.717, 1.165) is 0 Å². The highest BCUT2D eigenvalue weighted by Gasteiger charge is 2.42. The van der Waals surface area contributed by atoms with Crippen LogP contribution in [0.1, 0.15) is 0 Å². The zero-order valence-corrected chi connectivity index (χ0v) is 6.16. The van der Waals surface area contributed by atoms with Crippen LogP contribution in [0.2, 0.25) is 0 Å². The van der Waals surface area contributed by atoms with Crippen molar-refractivity contribution in [3.63, 3.8) is 0 Å². The number of hydrogen-bond donors (Lipinski definition) is 4. The van der Waals surface area contributed by atoms with E-state index in [0.29, 0.717) is 0 Å². The third kappa shape index (κ3) is 1.43. The second kappa shape index (κ2) is 3.39. The molecule has 68 valence electrons. The highest BCUT2D eigenvalue weighted by molar-refractivity contribution is 5.04. The van der Waals surface area contributed by atoms with Gasteiger partial charge in [0.25, 0.3) is 0 Å². The molecular formula is C7H10O5. The molecule has 1 saturated heterocycles. The average Bonchev–Trinajstić information content (AvgIpc) is 2.08. The largest absolute Gasteiger partial charge is 0.387 e. The average molecular weight is 174 g/mol. The maximum atomic E-state index is 9.14. The fourth-order valence-corrected chi connectivity index (χ4v) is 0.999. The van der Waals surface area contributed by atoms with Crippen molar-refractivity contribution >= 4 is 0 Å². The third-order valence-corrected chi connectivity index (χ3v) is 1.75. The van der Waals surface area contributed by atoms with Gasteiger partial charge in [-0.3, -0.25) is 0 Å². The summed E-state index contributed by atoms with van der Waals surface area (Å²) >= 11 is 0. The molecule has 5 nitrogen and oxygen atoms in total. The van der Waals surface area contributed by atoms with Gasteiger partial charge in [-0.2, -0.15) is 0 Å². The van der Waals surface area contributed by atoms with Crippen molar-refractivity contribution in [2.45, 2.75) is 30.7 Å². The number of terminal acetylenes is 1. The van der Waals surface area contributed by atoms with Gasteiger partial charge in [-0.25, -0.2) is 0 Å². The van der Waals surface area contributed by atoms with Crippen molar-refractivity contribution in [3.05, 3.63) is 0 Å². The Balaban J connectivity index is 2.72. The van der Waals surface area contributed by atoms with Crippen molar-refractivity contribution in [1.29, 1.82) is 0 Å². The van der Waals surface area contributed by atoms with Crippen LogP contribution in [-0.4, -0.2) is 51.1 Å². The van der Waals surface area contributed by atoms with Gasteiger partial charge in [0, 0.05) is 0 Å². The van der Waals surface area contributed by atoms with E-state index in [9.17, 15) is 0 Å². The molecule has 5 heteroatoms. The highest BCUT2D eigenvalue weighted by atomic mass is 16.6. The van der Waals surface area contributed by atoms with E-state index in [1.807, 2.05) is 5.92 Å². The van der Waals surface area contributed by atoms with Crippen molar-refractivity contribution in [2.75, 3.05) is 0 Å². The van der Waals surface area contributed by atoms with E-state index in [4.69, 9.17) is 26.8 Å². The molecule has 0 bridgehead atoms. The number of aliphatic hydroxyl groups is 4. The maximum absolute atomic E-state index is 9.14. The lowest BCUT2D eigenvalue weighted by molar-refractivity contribution is -0.269. The summed E-state index contributed by atoms with van der Waals surface area (Å²) in [5.74, 6) is 2.03. The first kappa shape index (κ1) is 9.45. The van der Waals surface area contributed by atoms with Crippen molar-refractivity contribution in [1.82, 2.24) is 0 Å². The Morgan fingerprint density at radius 3 is 2.08 bits per heavy atom. The zero-order valence-electron chi connectivity index (χ0n) is 6.16. The molecule has 1 rings (SSSR count). The Morgan fingerprint density at radius 1 is 1.00 bits per heavy atom. The lowest BCUT2D eigenvalue weighted by Gasteiger charge is -2.35. The number of ether oxygens (including phenoxy) is 1. The van der Waals surface area contributed by atoms with Crippen LogP contribution >= 0.6 is 0 Å². The van der Waals surface area contributed by atoms with Crippen LogP contribution in [0.15, 0.2) is 0 Å². The molecule has 1 heterocycles. The minimum atomic E-state index is -1.55. The highest BCUT2D eigenvalue weighted by Crippen LogP contribution is 2.18. The maximum Gasteiger partial charge on any atom is 0.185 e. The Kier molecular flexibility index (Phi) is 2.67. The van der Waals surface area contributed by atoms with E-state index in [1.165, 1.54) is 0 Å². The van der Waals surface area contributed by atoms with Gasteiger partial charge in [-0.05, 0) is 0 Å². The molecule has 1 aliphatic heterocycles. The SMILES string of the molecule is C#CC1O[C@@H](O)C(O)[C@@H](O)[C@@H]1O. The molecule has 0 spiro atoms. The predicted molar refractivity (Wildman–Crippen MR) is 37.7 cm³/mol. The first-order chi connectivity index (χ1) is 5.57. The van der Waals surface area contributed by atoms with E-state index in [-0.39, 0.29) is 0 Å². The standard InChI is InChI=1S/C7H10O5/c1-2-3-4(8)5(9)6(10)7(11)12-3/h1,3-11H/t3?,4-,5+,6?,7-/m1/s1. The van der Waals surface area contributed by atoms with Gasteiger partial charge in [0.05, 0.1) is 0 Å². The first-order valence-electron chi connectivity index (χ1n) is 3.41. The fourth-order valence-electron chi connectivity index (χ4n) is 0.999. The normalized spacial score (nSPS) is 48.4.